The second-order valence-electron chi connectivity index (χ2n) is 4.26. The number of hydrogen-bond donors (Lipinski definition) is 0. The number of pyridine rings is 2. The van der Waals surface area contributed by atoms with Gasteiger partial charge in [-0.25, -0.2) is 0 Å². The largest absolute Gasteiger partial charge is 0.576 e. The Morgan fingerprint density at radius 3 is 1.62 bits per heavy atom. The van der Waals surface area contributed by atoms with E-state index >= 15 is 0 Å². The summed E-state index contributed by atoms with van der Waals surface area (Å²) in [6, 6.07) is 3.47. The van der Waals surface area contributed by atoms with Gasteiger partial charge in [0.15, 0.2) is 23.0 Å². The van der Waals surface area contributed by atoms with Crippen LogP contribution in [0.4, 0.5) is 0 Å². The lowest BCUT2D eigenvalue weighted by Gasteiger charge is -2.14. The van der Waals surface area contributed by atoms with Gasteiger partial charge in [0, 0.05) is 24.5 Å². The van der Waals surface area contributed by atoms with Crippen molar-refractivity contribution >= 4 is 7.69 Å². The van der Waals surface area contributed by atoms with Crippen LogP contribution in [-0.4, -0.2) is 31.9 Å². The van der Waals surface area contributed by atoms with E-state index in [1.165, 1.54) is 0 Å². The lowest BCUT2D eigenvalue weighted by Crippen LogP contribution is -2.14. The molecule has 2 aromatic rings. The predicted molar refractivity (Wildman–Crippen MR) is 79.5 cm³/mol. The monoisotopic (exact) mass is 288 g/mol. The van der Waals surface area contributed by atoms with Crippen LogP contribution in [0.25, 0.3) is 0 Å². The molecule has 0 aromatic carbocycles. The van der Waals surface area contributed by atoms with Gasteiger partial charge in [-0.1, -0.05) is 0 Å². The highest BCUT2D eigenvalue weighted by atomic mass is 16.6. The molecule has 0 bridgehead atoms. The first-order chi connectivity index (χ1) is 10.2. The van der Waals surface area contributed by atoms with Gasteiger partial charge in [-0.2, -0.15) is 0 Å². The van der Waals surface area contributed by atoms with Gasteiger partial charge in [-0.15, -0.1) is 0 Å². The maximum absolute atomic E-state index is 5.62. The summed E-state index contributed by atoms with van der Waals surface area (Å²) >= 11 is 0. The summed E-state index contributed by atoms with van der Waals surface area (Å²) in [6.07, 6.45) is 3.33. The van der Waals surface area contributed by atoms with Gasteiger partial charge < -0.3 is 18.8 Å². The minimum absolute atomic E-state index is 0.00574. The quantitative estimate of drug-likeness (QED) is 0.756. The number of nitrogens with zero attached hydrogens (tertiary/aromatic N) is 2. The van der Waals surface area contributed by atoms with Crippen molar-refractivity contribution in [3.05, 3.63) is 35.9 Å². The minimum Gasteiger partial charge on any atom is -0.525 e. The lowest BCUT2D eigenvalue weighted by molar-refractivity contribution is 0.366. The summed E-state index contributed by atoms with van der Waals surface area (Å²) in [5.41, 5.74) is 1.46. The molecule has 6 nitrogen and oxygen atoms in total. The van der Waals surface area contributed by atoms with Crippen molar-refractivity contribution in [2.45, 2.75) is 13.8 Å². The molecule has 0 N–H and O–H groups in total. The average Bonchev–Trinajstić information content (AvgIpc) is 2.50. The van der Waals surface area contributed by atoms with Crippen LogP contribution >= 0.6 is 0 Å². The first-order valence-corrected chi connectivity index (χ1v) is 6.42. The van der Waals surface area contributed by atoms with Crippen molar-refractivity contribution in [3.8, 4) is 23.0 Å². The van der Waals surface area contributed by atoms with Gasteiger partial charge in [0.25, 0.3) is 0 Å². The molecule has 21 heavy (non-hydrogen) atoms. The highest BCUT2D eigenvalue weighted by Gasteiger charge is 2.13. The molecule has 0 unspecified atom stereocenters. The molecule has 0 spiro atoms. The molecule has 0 atom stereocenters. The summed E-state index contributed by atoms with van der Waals surface area (Å²) in [7, 11) is 3.17. The van der Waals surface area contributed by atoms with Gasteiger partial charge in [0.1, 0.15) is 0 Å². The number of aryl methyl sites for hydroxylation is 2. The van der Waals surface area contributed by atoms with Crippen LogP contribution in [0.15, 0.2) is 24.5 Å². The Bertz CT molecular complexity index is 568. The zero-order chi connectivity index (χ0) is 15.2. The minimum atomic E-state index is 0.00574. The zero-order valence-electron chi connectivity index (χ0n) is 12.5. The molecule has 0 aliphatic carbocycles. The first-order valence-electron chi connectivity index (χ1n) is 6.42. The van der Waals surface area contributed by atoms with Crippen LogP contribution in [-0.2, 0) is 0 Å². The van der Waals surface area contributed by atoms with Crippen molar-refractivity contribution in [2.24, 2.45) is 0 Å². The normalized spacial score (nSPS) is 9.90. The Morgan fingerprint density at radius 1 is 0.810 bits per heavy atom. The third-order valence-corrected chi connectivity index (χ3v) is 2.94. The van der Waals surface area contributed by atoms with Gasteiger partial charge in [0.05, 0.1) is 25.6 Å². The van der Waals surface area contributed by atoms with E-state index in [0.717, 1.165) is 11.4 Å². The van der Waals surface area contributed by atoms with Gasteiger partial charge in [-0.3, -0.25) is 9.97 Å². The summed E-state index contributed by atoms with van der Waals surface area (Å²) in [4.78, 5) is 8.33. The van der Waals surface area contributed by atoms with Crippen molar-refractivity contribution in [1.82, 2.24) is 9.97 Å². The first kappa shape index (κ1) is 15.0. The molecule has 2 aromatic heterocycles. The highest BCUT2D eigenvalue weighted by Crippen LogP contribution is 2.30. The van der Waals surface area contributed by atoms with Crippen LogP contribution in [0, 0.1) is 13.8 Å². The fourth-order valence-corrected chi connectivity index (χ4v) is 1.88. The molecule has 0 amide bonds. The molecule has 2 rings (SSSR count). The lowest BCUT2D eigenvalue weighted by atomic mass is 10.2. The maximum Gasteiger partial charge on any atom is 0.576 e. The van der Waals surface area contributed by atoms with E-state index in [2.05, 4.69) is 9.97 Å². The molecule has 0 aliphatic heterocycles. The van der Waals surface area contributed by atoms with Gasteiger partial charge in [0.2, 0.25) is 0 Å². The molecule has 0 fully saturated rings. The fourth-order valence-electron chi connectivity index (χ4n) is 1.88. The second kappa shape index (κ2) is 6.83. The Kier molecular flexibility index (Phi) is 4.87. The summed E-state index contributed by atoms with van der Waals surface area (Å²) in [5, 5.41) is 0. The molecular formula is C14H17BN2O4. The summed E-state index contributed by atoms with van der Waals surface area (Å²) in [6.45, 7) is 3.68. The van der Waals surface area contributed by atoms with Crippen molar-refractivity contribution in [3.63, 3.8) is 0 Å². The van der Waals surface area contributed by atoms with E-state index in [-0.39, 0.29) is 7.69 Å². The van der Waals surface area contributed by atoms with Crippen LogP contribution in [0.2, 0.25) is 0 Å². The third kappa shape index (κ3) is 3.36. The third-order valence-electron chi connectivity index (χ3n) is 2.94. The summed E-state index contributed by atoms with van der Waals surface area (Å²) < 4.78 is 21.7. The number of rotatable bonds is 6. The number of ether oxygens (including phenoxy) is 2. The van der Waals surface area contributed by atoms with Crippen LogP contribution in [0.3, 0.4) is 0 Å². The van der Waals surface area contributed by atoms with E-state index in [1.54, 1.807) is 38.7 Å². The molecular weight excluding hydrogens is 271 g/mol. The Labute approximate surface area is 124 Å². The Hall–Kier alpha value is -2.44. The maximum atomic E-state index is 5.62. The van der Waals surface area contributed by atoms with Gasteiger partial charge >= 0.3 is 7.69 Å². The van der Waals surface area contributed by atoms with Crippen molar-refractivity contribution in [2.75, 3.05) is 14.2 Å². The molecule has 2 heterocycles. The van der Waals surface area contributed by atoms with Crippen LogP contribution in [0.5, 0.6) is 23.0 Å². The van der Waals surface area contributed by atoms with E-state index in [1.807, 2.05) is 13.8 Å². The Morgan fingerprint density at radius 2 is 1.24 bits per heavy atom. The molecule has 0 saturated heterocycles. The zero-order valence-corrected chi connectivity index (χ0v) is 12.5. The molecule has 7 heteroatoms. The second-order valence-corrected chi connectivity index (χ2v) is 4.26. The number of aromatic nitrogens is 2. The van der Waals surface area contributed by atoms with Gasteiger partial charge in [-0.05, 0) is 13.8 Å². The predicted octanol–water partition coefficient (Wildman–Crippen LogP) is 1.83. The molecule has 0 radical (unpaired) electrons. The molecule has 0 aliphatic rings. The summed E-state index contributed by atoms with van der Waals surface area (Å²) in [5.74, 6) is 2.34. The van der Waals surface area contributed by atoms with Crippen LogP contribution < -0.4 is 18.8 Å². The highest BCUT2D eigenvalue weighted by molar-refractivity contribution is 6.21. The van der Waals surface area contributed by atoms with Crippen LogP contribution in [0.1, 0.15) is 11.4 Å². The molecule has 110 valence electrons. The fraction of sp³-hybridized carbons (Fsp3) is 0.286. The van der Waals surface area contributed by atoms with E-state index in [4.69, 9.17) is 18.8 Å². The topological polar surface area (TPSA) is 62.7 Å². The van der Waals surface area contributed by atoms with E-state index in [9.17, 15) is 0 Å². The Balaban J connectivity index is 2.09. The van der Waals surface area contributed by atoms with Crippen molar-refractivity contribution in [1.29, 1.82) is 0 Å². The SMILES string of the molecule is COc1ccnc(C)c1OBOc1c(OC)ccnc1C. The number of hydrogen-bond acceptors (Lipinski definition) is 6. The van der Waals surface area contributed by atoms with E-state index in [0.29, 0.717) is 23.0 Å². The van der Waals surface area contributed by atoms with Crippen molar-refractivity contribution < 1.29 is 18.8 Å². The molecule has 0 saturated carbocycles. The smallest absolute Gasteiger partial charge is 0.525 e. The number of methoxy groups -OCH3 is 2. The van der Waals surface area contributed by atoms with E-state index < -0.39 is 0 Å². The average molecular weight is 288 g/mol. The standard InChI is InChI=1S/C14H17BN2O4/c1-9-13(11(18-3)5-7-16-9)20-15-21-14-10(2)17-8-6-12(14)19-4/h5-8,15H,1-4H3.